The van der Waals surface area contributed by atoms with Gasteiger partial charge in [-0.3, -0.25) is 0 Å². The molecule has 1 heterocycles. The summed E-state index contributed by atoms with van der Waals surface area (Å²) in [5.41, 5.74) is 6.56. The van der Waals surface area contributed by atoms with Crippen molar-refractivity contribution in [2.45, 2.75) is 32.1 Å². The Morgan fingerprint density at radius 2 is 2.26 bits per heavy atom. The lowest BCUT2D eigenvalue weighted by atomic mass is 10.0. The van der Waals surface area contributed by atoms with Gasteiger partial charge in [0.15, 0.2) is 0 Å². The molecule has 1 unspecified atom stereocenters. The second kappa shape index (κ2) is 5.45. The maximum atomic E-state index is 13.8. The van der Waals surface area contributed by atoms with Gasteiger partial charge in [-0.2, -0.15) is 0 Å². The number of benzene rings is 1. The van der Waals surface area contributed by atoms with Crippen LogP contribution >= 0.6 is 0 Å². The van der Waals surface area contributed by atoms with E-state index in [4.69, 9.17) is 10.5 Å². The second-order valence-corrected chi connectivity index (χ2v) is 5.50. The summed E-state index contributed by atoms with van der Waals surface area (Å²) in [7, 11) is 0. The Hall–Kier alpha value is -1.17. The van der Waals surface area contributed by atoms with Gasteiger partial charge in [-0.15, -0.1) is 0 Å². The van der Waals surface area contributed by atoms with Crippen molar-refractivity contribution in [3.63, 3.8) is 0 Å². The summed E-state index contributed by atoms with van der Waals surface area (Å²) in [6.07, 6.45) is -0.266. The van der Waals surface area contributed by atoms with E-state index in [9.17, 15) is 9.50 Å². The summed E-state index contributed by atoms with van der Waals surface area (Å²) in [5, 5.41) is 9.32. The lowest BCUT2D eigenvalue weighted by Gasteiger charge is -2.44. The maximum Gasteiger partial charge on any atom is 0.129 e. The van der Waals surface area contributed by atoms with Crippen molar-refractivity contribution >= 4 is 5.69 Å². The van der Waals surface area contributed by atoms with E-state index in [1.165, 1.54) is 6.07 Å². The van der Waals surface area contributed by atoms with Gasteiger partial charge in [-0.05, 0) is 26.0 Å². The minimum Gasteiger partial charge on any atom is -0.394 e. The fourth-order valence-corrected chi connectivity index (χ4v) is 2.62. The summed E-state index contributed by atoms with van der Waals surface area (Å²) < 4.78 is 19.6. The number of ether oxygens (including phenoxy) is 1. The SMILES string of the molecule is CC1(C)CN(c2cccc(F)c2CN)CC(CO)O1. The standard InChI is InChI=1S/C14H21FN2O2/c1-14(2)9-17(7-10(8-18)19-14)13-5-3-4-12(15)11(13)6-16/h3-5,10,18H,6-9,16H2,1-2H3. The number of nitrogens with two attached hydrogens (primary N) is 1. The minimum atomic E-state index is -0.385. The summed E-state index contributed by atoms with van der Waals surface area (Å²) in [5.74, 6) is -0.287. The quantitative estimate of drug-likeness (QED) is 0.866. The monoisotopic (exact) mass is 268 g/mol. The number of morpholine rings is 1. The topological polar surface area (TPSA) is 58.7 Å². The normalized spacial score (nSPS) is 22.6. The zero-order valence-electron chi connectivity index (χ0n) is 11.4. The van der Waals surface area contributed by atoms with E-state index in [0.717, 1.165) is 5.69 Å². The molecule has 0 saturated carbocycles. The van der Waals surface area contributed by atoms with Crippen LogP contribution in [0.4, 0.5) is 10.1 Å². The lowest BCUT2D eigenvalue weighted by Crippen LogP contribution is -2.54. The molecule has 0 aliphatic carbocycles. The van der Waals surface area contributed by atoms with E-state index in [-0.39, 0.29) is 30.7 Å². The van der Waals surface area contributed by atoms with Crippen LogP contribution in [0.25, 0.3) is 0 Å². The fraction of sp³-hybridized carbons (Fsp3) is 0.571. The molecule has 0 bridgehead atoms. The van der Waals surface area contributed by atoms with E-state index < -0.39 is 0 Å². The van der Waals surface area contributed by atoms with Crippen LogP contribution in [0.2, 0.25) is 0 Å². The molecule has 5 heteroatoms. The second-order valence-electron chi connectivity index (χ2n) is 5.50. The number of aliphatic hydroxyl groups is 1. The molecule has 1 atom stereocenters. The molecule has 0 spiro atoms. The van der Waals surface area contributed by atoms with Crippen molar-refractivity contribution in [2.75, 3.05) is 24.6 Å². The molecular formula is C14H21FN2O2. The van der Waals surface area contributed by atoms with Gasteiger partial charge in [0.1, 0.15) is 5.82 Å². The third-order valence-electron chi connectivity index (χ3n) is 3.32. The van der Waals surface area contributed by atoms with Gasteiger partial charge in [-0.1, -0.05) is 6.07 Å². The van der Waals surface area contributed by atoms with Gasteiger partial charge in [0.25, 0.3) is 0 Å². The Morgan fingerprint density at radius 1 is 1.53 bits per heavy atom. The highest BCUT2D eigenvalue weighted by atomic mass is 19.1. The molecule has 1 aromatic rings. The number of hydrogen-bond acceptors (Lipinski definition) is 4. The lowest BCUT2D eigenvalue weighted by molar-refractivity contribution is -0.101. The average Bonchev–Trinajstić information content (AvgIpc) is 2.36. The van der Waals surface area contributed by atoms with Gasteiger partial charge < -0.3 is 20.5 Å². The summed E-state index contributed by atoms with van der Waals surface area (Å²) in [6.45, 7) is 5.21. The predicted octanol–water partition coefficient (Wildman–Crippen LogP) is 1.26. The first-order valence-corrected chi connectivity index (χ1v) is 6.48. The number of nitrogens with zero attached hydrogens (tertiary/aromatic N) is 1. The third-order valence-corrected chi connectivity index (χ3v) is 3.32. The first-order valence-electron chi connectivity index (χ1n) is 6.48. The molecule has 1 aliphatic rings. The number of aliphatic hydroxyl groups excluding tert-OH is 1. The molecule has 2 rings (SSSR count). The molecule has 0 radical (unpaired) electrons. The Morgan fingerprint density at radius 3 is 2.89 bits per heavy atom. The highest BCUT2D eigenvalue weighted by molar-refractivity contribution is 5.55. The molecule has 0 aromatic heterocycles. The van der Waals surface area contributed by atoms with Crippen molar-refractivity contribution in [1.29, 1.82) is 0 Å². The Balaban J connectivity index is 2.33. The number of rotatable bonds is 3. The van der Waals surface area contributed by atoms with Crippen molar-refractivity contribution in [1.82, 2.24) is 0 Å². The Kier molecular flexibility index (Phi) is 4.08. The van der Waals surface area contributed by atoms with Gasteiger partial charge in [0.2, 0.25) is 0 Å². The molecule has 1 aromatic carbocycles. The first kappa shape index (κ1) is 14.2. The van der Waals surface area contributed by atoms with Crippen LogP contribution in [0.1, 0.15) is 19.4 Å². The molecule has 4 nitrogen and oxygen atoms in total. The van der Waals surface area contributed by atoms with Crippen LogP contribution in [-0.2, 0) is 11.3 Å². The molecule has 19 heavy (non-hydrogen) atoms. The molecule has 1 aliphatic heterocycles. The number of hydrogen-bond donors (Lipinski definition) is 2. The molecular weight excluding hydrogens is 247 g/mol. The van der Waals surface area contributed by atoms with E-state index in [0.29, 0.717) is 18.7 Å². The average molecular weight is 268 g/mol. The summed E-state index contributed by atoms with van der Waals surface area (Å²) in [6, 6.07) is 4.96. The Labute approximate surface area is 113 Å². The smallest absolute Gasteiger partial charge is 0.129 e. The van der Waals surface area contributed by atoms with Crippen LogP contribution in [-0.4, -0.2) is 36.5 Å². The zero-order valence-corrected chi connectivity index (χ0v) is 11.4. The fourth-order valence-electron chi connectivity index (χ4n) is 2.62. The van der Waals surface area contributed by atoms with Crippen LogP contribution in [0.5, 0.6) is 0 Å². The van der Waals surface area contributed by atoms with E-state index >= 15 is 0 Å². The van der Waals surface area contributed by atoms with Gasteiger partial charge in [-0.25, -0.2) is 4.39 Å². The molecule has 0 amide bonds. The minimum absolute atomic E-state index is 0.0484. The predicted molar refractivity (Wildman–Crippen MR) is 72.5 cm³/mol. The van der Waals surface area contributed by atoms with Crippen LogP contribution < -0.4 is 10.6 Å². The van der Waals surface area contributed by atoms with E-state index in [2.05, 4.69) is 0 Å². The molecule has 1 saturated heterocycles. The Bertz CT molecular complexity index is 451. The molecule has 3 N–H and O–H groups in total. The largest absolute Gasteiger partial charge is 0.394 e. The van der Waals surface area contributed by atoms with E-state index in [1.54, 1.807) is 6.07 Å². The van der Waals surface area contributed by atoms with E-state index in [1.807, 2.05) is 24.8 Å². The molecule has 106 valence electrons. The van der Waals surface area contributed by atoms with Crippen LogP contribution in [0, 0.1) is 5.82 Å². The summed E-state index contributed by atoms with van der Waals surface area (Å²) in [4.78, 5) is 2.04. The highest BCUT2D eigenvalue weighted by Gasteiger charge is 2.34. The number of anilines is 1. The van der Waals surface area contributed by atoms with Crippen molar-refractivity contribution in [3.8, 4) is 0 Å². The number of halogens is 1. The van der Waals surface area contributed by atoms with Crippen molar-refractivity contribution < 1.29 is 14.2 Å². The van der Waals surface area contributed by atoms with Gasteiger partial charge >= 0.3 is 0 Å². The van der Waals surface area contributed by atoms with Gasteiger partial charge in [0, 0.05) is 30.9 Å². The molecule has 1 fully saturated rings. The van der Waals surface area contributed by atoms with Gasteiger partial charge in [0.05, 0.1) is 18.3 Å². The third kappa shape index (κ3) is 3.05. The highest BCUT2D eigenvalue weighted by Crippen LogP contribution is 2.29. The van der Waals surface area contributed by atoms with Crippen LogP contribution in [0.15, 0.2) is 18.2 Å². The summed E-state index contributed by atoms with van der Waals surface area (Å²) >= 11 is 0. The maximum absolute atomic E-state index is 13.8. The zero-order chi connectivity index (χ0) is 14.0. The first-order chi connectivity index (χ1) is 8.96. The van der Waals surface area contributed by atoms with Crippen molar-refractivity contribution in [2.24, 2.45) is 5.73 Å². The van der Waals surface area contributed by atoms with Crippen molar-refractivity contribution in [3.05, 3.63) is 29.6 Å². The van der Waals surface area contributed by atoms with Crippen LogP contribution in [0.3, 0.4) is 0 Å².